The minimum atomic E-state index is -0.918. The van der Waals surface area contributed by atoms with Gasteiger partial charge in [-0.3, -0.25) is 14.5 Å². The highest BCUT2D eigenvalue weighted by Gasteiger charge is 2.45. The topological polar surface area (TPSA) is 77.9 Å². The molecule has 5 rings (SSSR count). The summed E-state index contributed by atoms with van der Waals surface area (Å²) >= 11 is 4.23. The molecular weight excluding hydrogens is 507 g/mol. The molecule has 1 aromatic heterocycles. The molecule has 7 heteroatoms. The van der Waals surface area contributed by atoms with Gasteiger partial charge in [-0.25, -0.2) is 4.39 Å². The number of rotatable bonds is 10. The van der Waals surface area contributed by atoms with E-state index in [1.807, 2.05) is 25.1 Å². The Labute approximate surface area is 234 Å². The largest absolute Gasteiger partial charge is 0.355 e. The lowest BCUT2D eigenvalue weighted by Gasteiger charge is -2.39. The van der Waals surface area contributed by atoms with Gasteiger partial charge in [0, 0.05) is 30.3 Å². The zero-order chi connectivity index (χ0) is 27.4. The molecule has 0 spiro atoms. The molecule has 5 nitrogen and oxygen atoms in total. The fourth-order valence-corrected chi connectivity index (χ4v) is 5.96. The lowest BCUT2D eigenvalue weighted by molar-refractivity contribution is 0.0826. The predicted octanol–water partition coefficient (Wildman–Crippen LogP) is 6.60. The van der Waals surface area contributed by atoms with Crippen LogP contribution in [0.25, 0.3) is 0 Å². The quantitative estimate of drug-likeness (QED) is 0.133. The molecule has 3 aromatic rings. The molecule has 39 heavy (non-hydrogen) atoms. The molecule has 200 valence electrons. The number of pyridine rings is 1. The first-order valence-electron chi connectivity index (χ1n) is 13.3. The van der Waals surface area contributed by atoms with Crippen molar-refractivity contribution in [1.82, 2.24) is 9.71 Å². The first-order valence-corrected chi connectivity index (χ1v) is 13.8. The van der Waals surface area contributed by atoms with E-state index in [0.29, 0.717) is 42.8 Å². The molecule has 0 fully saturated rings. The van der Waals surface area contributed by atoms with Crippen molar-refractivity contribution in [1.29, 1.82) is 5.41 Å². The zero-order valence-corrected chi connectivity index (χ0v) is 23.0. The van der Waals surface area contributed by atoms with Crippen LogP contribution in [0.2, 0.25) is 0 Å². The number of fused-ring (bicyclic) bond motifs is 1. The Morgan fingerprint density at radius 1 is 1.13 bits per heavy atom. The fraction of sp³-hybridized carbons (Fsp3) is 0.281. The van der Waals surface area contributed by atoms with Crippen LogP contribution in [0.15, 0.2) is 83.7 Å². The molecule has 2 aromatic carbocycles. The van der Waals surface area contributed by atoms with Gasteiger partial charge in [0.2, 0.25) is 0 Å². The van der Waals surface area contributed by atoms with E-state index in [1.165, 1.54) is 29.5 Å². The van der Waals surface area contributed by atoms with Gasteiger partial charge in [-0.15, -0.1) is 0 Å². The van der Waals surface area contributed by atoms with E-state index < -0.39 is 5.41 Å². The highest BCUT2D eigenvalue weighted by Crippen LogP contribution is 2.46. The van der Waals surface area contributed by atoms with Gasteiger partial charge in [-0.1, -0.05) is 36.6 Å². The summed E-state index contributed by atoms with van der Waals surface area (Å²) < 4.78 is 16.5. The van der Waals surface area contributed by atoms with Crippen LogP contribution >= 0.6 is 12.8 Å². The van der Waals surface area contributed by atoms with E-state index in [9.17, 15) is 9.18 Å². The average Bonchev–Trinajstić information content (AvgIpc) is 3.41. The molecule has 3 N–H and O–H groups in total. The smallest absolute Gasteiger partial charge is 0.192 e. The number of aryl methyl sites for hydroxylation is 3. The second-order valence-electron chi connectivity index (χ2n) is 10.5. The maximum absolute atomic E-state index is 14.5. The second kappa shape index (κ2) is 11.7. The molecule has 2 aliphatic rings. The summed E-state index contributed by atoms with van der Waals surface area (Å²) in [5.41, 5.74) is 7.47. The van der Waals surface area contributed by atoms with Crippen molar-refractivity contribution in [3.63, 3.8) is 0 Å². The number of halogens is 1. The average molecular weight is 541 g/mol. The maximum Gasteiger partial charge on any atom is 0.192 e. The van der Waals surface area contributed by atoms with Gasteiger partial charge in [0.15, 0.2) is 5.78 Å². The summed E-state index contributed by atoms with van der Waals surface area (Å²) in [5.74, 6) is -0.358. The van der Waals surface area contributed by atoms with E-state index in [-0.39, 0.29) is 11.6 Å². The fourth-order valence-electron chi connectivity index (χ4n) is 5.85. The molecule has 0 amide bonds. The molecule has 2 aliphatic carbocycles. The van der Waals surface area contributed by atoms with Crippen LogP contribution in [-0.2, 0) is 19.3 Å². The summed E-state index contributed by atoms with van der Waals surface area (Å²) in [6.07, 6.45) is 9.78. The van der Waals surface area contributed by atoms with E-state index >= 15 is 0 Å². The van der Waals surface area contributed by atoms with E-state index in [0.717, 1.165) is 41.7 Å². The number of aromatic nitrogens is 1. The molecule has 0 bridgehead atoms. The second-order valence-corrected chi connectivity index (χ2v) is 10.8. The van der Waals surface area contributed by atoms with Crippen LogP contribution in [0.5, 0.6) is 0 Å². The van der Waals surface area contributed by atoms with Crippen LogP contribution in [0.1, 0.15) is 52.0 Å². The molecule has 0 radical (unpaired) electrons. The van der Waals surface area contributed by atoms with Gasteiger partial charge in [0.25, 0.3) is 0 Å². The maximum atomic E-state index is 14.5. The standard InChI is InChI=1S/C32H33FN4OS/c1-21-11-13-35-30(15-21)31(38)32(18-22-5-6-23-3-2-4-24(23)16-22)19-25(20-34)29(17-26(32)12-14-36-39)37-28-9-7-27(33)8-10-28/h5-11,13,15-17,20,34,36-37,39H,2-4,12,14,18-19H2,1H3. The normalized spacial score (nSPS) is 18.5. The number of thiol groups is 1. The first kappa shape index (κ1) is 27.0. The van der Waals surface area contributed by atoms with Gasteiger partial charge in [-0.2, -0.15) is 0 Å². The Bertz CT molecular complexity index is 1460. The Morgan fingerprint density at radius 2 is 1.92 bits per heavy atom. The molecular formula is C32H33FN4OS. The van der Waals surface area contributed by atoms with Crippen molar-refractivity contribution >= 4 is 30.5 Å². The monoisotopic (exact) mass is 540 g/mol. The Balaban J connectivity index is 1.62. The van der Waals surface area contributed by atoms with Crippen molar-refractivity contribution in [2.75, 3.05) is 11.9 Å². The van der Waals surface area contributed by atoms with Gasteiger partial charge in [-0.05, 0) is 116 Å². The minimum absolute atomic E-state index is 0.0442. The van der Waals surface area contributed by atoms with Gasteiger partial charge >= 0.3 is 0 Å². The number of anilines is 1. The van der Waals surface area contributed by atoms with Gasteiger partial charge in [0.1, 0.15) is 11.5 Å². The van der Waals surface area contributed by atoms with Crippen LogP contribution in [0.3, 0.4) is 0 Å². The summed E-state index contributed by atoms with van der Waals surface area (Å²) in [6, 6.07) is 16.5. The highest BCUT2D eigenvalue weighted by molar-refractivity contribution is 7.78. The summed E-state index contributed by atoms with van der Waals surface area (Å²) in [5, 5.41) is 11.7. The number of carbonyl (C=O) groups is 1. The van der Waals surface area contributed by atoms with Crippen LogP contribution in [-0.4, -0.2) is 23.5 Å². The molecule has 0 saturated heterocycles. The third-order valence-electron chi connectivity index (χ3n) is 7.83. The lowest BCUT2D eigenvalue weighted by atomic mass is 9.63. The zero-order valence-electron chi connectivity index (χ0n) is 22.1. The van der Waals surface area contributed by atoms with Crippen LogP contribution in [0, 0.1) is 23.6 Å². The molecule has 1 unspecified atom stereocenters. The molecule has 0 aliphatic heterocycles. The number of carbonyl (C=O) groups excluding carboxylic acids is 1. The predicted molar refractivity (Wildman–Crippen MR) is 158 cm³/mol. The Kier molecular flexibility index (Phi) is 8.10. The van der Waals surface area contributed by atoms with E-state index in [2.05, 4.69) is 46.0 Å². The van der Waals surface area contributed by atoms with Crippen molar-refractivity contribution in [2.24, 2.45) is 5.41 Å². The van der Waals surface area contributed by atoms with Crippen molar-refractivity contribution in [3.8, 4) is 0 Å². The van der Waals surface area contributed by atoms with Crippen LogP contribution in [0.4, 0.5) is 10.1 Å². The third-order valence-corrected chi connectivity index (χ3v) is 8.05. The van der Waals surface area contributed by atoms with Crippen molar-refractivity contribution < 1.29 is 9.18 Å². The SMILES string of the molecule is Cc1ccnc(C(=O)C2(Cc3ccc4c(c3)CCC4)CC(C=N)=C(Nc3ccc(F)cc3)C=C2CCNS)c1. The van der Waals surface area contributed by atoms with E-state index in [1.54, 1.807) is 18.3 Å². The molecule has 1 atom stereocenters. The Morgan fingerprint density at radius 3 is 2.67 bits per heavy atom. The number of allylic oxidation sites excluding steroid dienone is 2. The van der Waals surface area contributed by atoms with Crippen LogP contribution < -0.4 is 10.0 Å². The molecule has 0 saturated carbocycles. The number of nitrogens with one attached hydrogen (secondary N) is 3. The highest BCUT2D eigenvalue weighted by atomic mass is 32.1. The minimum Gasteiger partial charge on any atom is -0.355 e. The number of hydrogen-bond acceptors (Lipinski definition) is 6. The van der Waals surface area contributed by atoms with Gasteiger partial charge < -0.3 is 10.7 Å². The first-order chi connectivity index (χ1) is 18.9. The van der Waals surface area contributed by atoms with Gasteiger partial charge in [0.05, 0.1) is 5.41 Å². The Hall–Kier alpha value is -3.55. The summed E-state index contributed by atoms with van der Waals surface area (Å²) in [4.78, 5) is 19.0. The number of nitrogens with zero attached hydrogens (tertiary/aromatic N) is 1. The summed E-state index contributed by atoms with van der Waals surface area (Å²) in [6.45, 7) is 2.53. The number of ketones is 1. The number of benzene rings is 2. The number of hydrogen-bond donors (Lipinski definition) is 4. The molecule has 1 heterocycles. The summed E-state index contributed by atoms with van der Waals surface area (Å²) in [7, 11) is 0. The third kappa shape index (κ3) is 5.75. The lowest BCUT2D eigenvalue weighted by Crippen LogP contribution is -2.40. The van der Waals surface area contributed by atoms with Crippen molar-refractivity contribution in [2.45, 2.75) is 45.4 Å². The van der Waals surface area contributed by atoms with E-state index in [4.69, 9.17) is 5.41 Å². The number of Topliss-reactive ketones (excluding diaryl/α,β-unsaturated/α-hetero) is 1. The van der Waals surface area contributed by atoms with Crippen molar-refractivity contribution in [3.05, 3.63) is 117 Å².